The summed E-state index contributed by atoms with van der Waals surface area (Å²) in [5.74, 6) is 1.56. The van der Waals surface area contributed by atoms with Gasteiger partial charge in [-0.15, -0.1) is 0 Å². The fraction of sp³-hybridized carbons (Fsp3) is 0.333. The van der Waals surface area contributed by atoms with E-state index in [-0.39, 0.29) is 11.6 Å². The number of likely N-dealkylation sites (N-methyl/N-ethyl adjacent to an activating group) is 1. The van der Waals surface area contributed by atoms with Crippen LogP contribution in [-0.4, -0.2) is 59.3 Å². The highest BCUT2D eigenvalue weighted by atomic mass is 19.1. The van der Waals surface area contributed by atoms with Crippen LogP contribution in [0.5, 0.6) is 5.75 Å². The van der Waals surface area contributed by atoms with Crippen molar-refractivity contribution in [2.45, 2.75) is 13.3 Å². The lowest BCUT2D eigenvalue weighted by Gasteiger charge is -2.22. The van der Waals surface area contributed by atoms with Crippen LogP contribution in [0.3, 0.4) is 0 Å². The van der Waals surface area contributed by atoms with Gasteiger partial charge in [-0.25, -0.2) is 4.39 Å². The molecule has 0 aliphatic carbocycles. The molecule has 0 unspecified atom stereocenters. The number of guanidine groups is 1. The Hall–Kier alpha value is -3.49. The molecular weight excluding hydrogens is 387 g/mol. The summed E-state index contributed by atoms with van der Waals surface area (Å²) < 4.78 is 24.4. The second-order valence-electron chi connectivity index (χ2n) is 6.42. The zero-order valence-electron chi connectivity index (χ0n) is 17.1. The number of benzene rings is 1. The van der Waals surface area contributed by atoms with Crippen LogP contribution < -0.4 is 10.1 Å². The second-order valence-corrected chi connectivity index (χ2v) is 6.42. The molecule has 1 N–H and O–H groups in total. The highest BCUT2D eigenvalue weighted by Crippen LogP contribution is 2.15. The third-order valence-electron chi connectivity index (χ3n) is 4.17. The fourth-order valence-electron chi connectivity index (χ4n) is 2.64. The number of pyridine rings is 1. The van der Waals surface area contributed by atoms with E-state index in [0.717, 1.165) is 12.5 Å². The third kappa shape index (κ3) is 6.00. The van der Waals surface area contributed by atoms with Gasteiger partial charge in [0.05, 0.1) is 6.54 Å². The first-order chi connectivity index (χ1) is 14.7. The summed E-state index contributed by atoms with van der Waals surface area (Å²) >= 11 is 0. The molecule has 1 aromatic carbocycles. The van der Waals surface area contributed by atoms with Gasteiger partial charge in [-0.1, -0.05) is 23.4 Å². The Balaban J connectivity index is 1.51. The van der Waals surface area contributed by atoms with Gasteiger partial charge in [-0.05, 0) is 31.2 Å². The van der Waals surface area contributed by atoms with Gasteiger partial charge in [-0.2, -0.15) is 4.98 Å². The fourth-order valence-corrected chi connectivity index (χ4v) is 2.64. The number of nitrogens with zero attached hydrogens (tertiary/aromatic N) is 5. The Bertz CT molecular complexity index is 947. The van der Waals surface area contributed by atoms with Crippen molar-refractivity contribution in [1.82, 2.24) is 25.3 Å². The van der Waals surface area contributed by atoms with Gasteiger partial charge in [0, 0.05) is 32.8 Å². The normalized spacial score (nSPS) is 11.4. The first-order valence-electron chi connectivity index (χ1n) is 9.78. The van der Waals surface area contributed by atoms with Crippen molar-refractivity contribution in [3.8, 4) is 17.3 Å². The average Bonchev–Trinajstić information content (AvgIpc) is 3.24. The molecule has 30 heavy (non-hydrogen) atoms. The largest absolute Gasteiger partial charge is 0.489 e. The van der Waals surface area contributed by atoms with Crippen molar-refractivity contribution in [2.24, 2.45) is 4.99 Å². The second kappa shape index (κ2) is 10.9. The number of rotatable bonds is 9. The smallest absolute Gasteiger partial charge is 0.276 e. The van der Waals surface area contributed by atoms with E-state index < -0.39 is 0 Å². The van der Waals surface area contributed by atoms with Crippen LogP contribution in [-0.2, 0) is 6.42 Å². The minimum Gasteiger partial charge on any atom is -0.489 e. The molecule has 0 bridgehead atoms. The van der Waals surface area contributed by atoms with Crippen LogP contribution in [0.2, 0.25) is 0 Å². The molecule has 0 spiro atoms. The van der Waals surface area contributed by atoms with Crippen molar-refractivity contribution in [3.63, 3.8) is 0 Å². The summed E-state index contributed by atoms with van der Waals surface area (Å²) in [5.41, 5.74) is 0.641. The van der Waals surface area contributed by atoms with E-state index in [0.29, 0.717) is 43.5 Å². The zero-order valence-corrected chi connectivity index (χ0v) is 17.1. The molecule has 9 heteroatoms. The molecule has 0 amide bonds. The molecule has 2 heterocycles. The highest BCUT2D eigenvalue weighted by molar-refractivity contribution is 5.79. The molecule has 0 saturated heterocycles. The number of para-hydroxylation sites is 1. The van der Waals surface area contributed by atoms with Crippen LogP contribution >= 0.6 is 0 Å². The predicted molar refractivity (Wildman–Crippen MR) is 112 cm³/mol. The molecule has 0 fully saturated rings. The maximum Gasteiger partial charge on any atom is 0.276 e. The summed E-state index contributed by atoms with van der Waals surface area (Å²) in [7, 11) is 1.90. The van der Waals surface area contributed by atoms with Gasteiger partial charge in [0.15, 0.2) is 23.4 Å². The SMILES string of the molecule is CCNC(=NCCc1noc(-c2ccccn2)n1)N(C)CCOc1ccccc1F. The lowest BCUT2D eigenvalue weighted by molar-refractivity contribution is 0.270. The zero-order chi connectivity index (χ0) is 21.2. The lowest BCUT2D eigenvalue weighted by Crippen LogP contribution is -2.41. The predicted octanol–water partition coefficient (Wildman–Crippen LogP) is 2.79. The number of hydrogen-bond acceptors (Lipinski definition) is 6. The minimum atomic E-state index is -0.370. The van der Waals surface area contributed by atoms with Crippen LogP contribution in [0.1, 0.15) is 12.7 Å². The minimum absolute atomic E-state index is 0.244. The molecule has 158 valence electrons. The summed E-state index contributed by atoms with van der Waals surface area (Å²) in [6, 6.07) is 11.9. The summed E-state index contributed by atoms with van der Waals surface area (Å²) in [4.78, 5) is 15.1. The molecule has 8 nitrogen and oxygen atoms in total. The van der Waals surface area contributed by atoms with Crippen LogP contribution in [0.15, 0.2) is 58.2 Å². The van der Waals surface area contributed by atoms with Gasteiger partial charge < -0.3 is 19.5 Å². The van der Waals surface area contributed by atoms with Gasteiger partial charge in [0.1, 0.15) is 12.3 Å². The van der Waals surface area contributed by atoms with E-state index in [2.05, 4.69) is 25.4 Å². The summed E-state index contributed by atoms with van der Waals surface area (Å²) in [5, 5.41) is 7.22. The molecule has 2 aromatic heterocycles. The quantitative estimate of drug-likeness (QED) is 0.427. The van der Waals surface area contributed by atoms with Crippen LogP contribution in [0.25, 0.3) is 11.6 Å². The van der Waals surface area contributed by atoms with Gasteiger partial charge >= 0.3 is 0 Å². The van der Waals surface area contributed by atoms with Crippen molar-refractivity contribution >= 4 is 5.96 Å². The molecular formula is C21H25FN6O2. The van der Waals surface area contributed by atoms with Crippen molar-refractivity contribution in [3.05, 3.63) is 60.3 Å². The van der Waals surface area contributed by atoms with E-state index in [1.54, 1.807) is 24.4 Å². The number of ether oxygens (including phenoxy) is 1. The van der Waals surface area contributed by atoms with Gasteiger partial charge in [0.25, 0.3) is 5.89 Å². The maximum atomic E-state index is 13.6. The van der Waals surface area contributed by atoms with E-state index in [1.165, 1.54) is 6.07 Å². The molecule has 0 aliphatic rings. The van der Waals surface area contributed by atoms with Crippen LogP contribution in [0.4, 0.5) is 4.39 Å². The first-order valence-corrected chi connectivity index (χ1v) is 9.78. The number of nitrogens with one attached hydrogen (secondary N) is 1. The van der Waals surface area contributed by atoms with E-state index in [9.17, 15) is 4.39 Å². The Morgan fingerprint density at radius 1 is 1.23 bits per heavy atom. The third-order valence-corrected chi connectivity index (χ3v) is 4.17. The Labute approximate surface area is 174 Å². The number of aliphatic imine (C=N–C) groups is 1. The van der Waals surface area contributed by atoms with E-state index >= 15 is 0 Å². The summed E-state index contributed by atoms with van der Waals surface area (Å²) in [6.45, 7) is 4.09. The highest BCUT2D eigenvalue weighted by Gasteiger charge is 2.10. The Kier molecular flexibility index (Phi) is 7.71. The molecule has 3 aromatic rings. The lowest BCUT2D eigenvalue weighted by atomic mass is 10.3. The topological polar surface area (TPSA) is 88.7 Å². The van der Waals surface area contributed by atoms with E-state index in [1.807, 2.05) is 37.1 Å². The van der Waals surface area contributed by atoms with Crippen molar-refractivity contribution in [1.29, 1.82) is 0 Å². The van der Waals surface area contributed by atoms with Crippen molar-refractivity contribution in [2.75, 3.05) is 33.3 Å². The molecule has 0 radical (unpaired) electrons. The molecule has 3 rings (SSSR count). The van der Waals surface area contributed by atoms with Gasteiger partial charge in [-0.3, -0.25) is 9.98 Å². The molecule has 0 aliphatic heterocycles. The summed E-state index contributed by atoms with van der Waals surface area (Å²) in [6.07, 6.45) is 2.21. The van der Waals surface area contributed by atoms with Gasteiger partial charge in [0.2, 0.25) is 0 Å². The number of halogens is 1. The molecule has 0 atom stereocenters. The molecule has 0 saturated carbocycles. The number of hydrogen-bond donors (Lipinski definition) is 1. The maximum absolute atomic E-state index is 13.6. The Morgan fingerprint density at radius 3 is 2.83 bits per heavy atom. The van der Waals surface area contributed by atoms with Crippen LogP contribution in [0, 0.1) is 5.82 Å². The number of aromatic nitrogens is 3. The van der Waals surface area contributed by atoms with E-state index in [4.69, 9.17) is 9.26 Å². The van der Waals surface area contributed by atoms with Crippen molar-refractivity contribution < 1.29 is 13.7 Å². The monoisotopic (exact) mass is 412 g/mol. The first kappa shape index (κ1) is 21.2. The average molecular weight is 412 g/mol. The standard InChI is InChI=1S/C21H25FN6O2/c1-3-23-21(28(2)14-15-29-18-10-5-4-8-16(18)22)25-13-11-19-26-20(30-27-19)17-9-6-7-12-24-17/h4-10,12H,3,11,13-15H2,1-2H3,(H,23,25). The Morgan fingerprint density at radius 2 is 2.07 bits per heavy atom.